The molecule has 1 aromatic carbocycles. The first-order valence-corrected chi connectivity index (χ1v) is 12.3. The van der Waals surface area contributed by atoms with Crippen molar-refractivity contribution >= 4 is 11.7 Å². The maximum Gasteiger partial charge on any atom is 0.255 e. The number of pyridine rings is 1. The molecule has 6 nitrogen and oxygen atoms in total. The van der Waals surface area contributed by atoms with Crippen LogP contribution in [0.2, 0.25) is 0 Å². The van der Waals surface area contributed by atoms with E-state index in [4.69, 9.17) is 9.84 Å². The molecule has 4 rings (SSSR count). The number of nitrogens with one attached hydrogen (secondary N) is 1. The Morgan fingerprint density at radius 2 is 1.94 bits per heavy atom. The highest BCUT2D eigenvalue weighted by molar-refractivity contribution is 5.83. The third-order valence-corrected chi connectivity index (χ3v) is 6.42. The second-order valence-electron chi connectivity index (χ2n) is 9.89. The van der Waals surface area contributed by atoms with Crippen LogP contribution in [0.25, 0.3) is 0 Å². The number of amides is 1. The number of benzene rings is 1. The molecule has 1 amide bonds. The number of aromatic nitrogens is 1. The molecule has 1 saturated heterocycles. The van der Waals surface area contributed by atoms with Crippen molar-refractivity contribution in [1.82, 2.24) is 10.3 Å². The van der Waals surface area contributed by atoms with Crippen LogP contribution in [-0.4, -0.2) is 54.3 Å². The Bertz CT molecular complexity index is 951. The molecule has 1 saturated carbocycles. The SMILES string of the molecule is CC1CCN(c2ccc(OCC3CC3(F)F)cn2)C1.Cc1ccc(C(C)C(=O)NCC(C)O)cc1. The lowest BCUT2D eigenvalue weighted by Crippen LogP contribution is -2.33. The standard InChI is InChI=1S/C14H18F2N2O.C13H19NO2/c1-10-4-5-18(8-10)13-3-2-12(7-17-13)19-9-11-6-14(11,15)16;1-9-4-6-12(7-5-9)11(3)13(16)14-8-10(2)15/h2-3,7,10-11H,4-6,8-9H2,1H3;4-7,10-11,15H,8H2,1-3H3,(H,14,16). The maximum absolute atomic E-state index is 12.7. The predicted molar refractivity (Wildman–Crippen MR) is 133 cm³/mol. The van der Waals surface area contributed by atoms with E-state index in [-0.39, 0.29) is 24.9 Å². The van der Waals surface area contributed by atoms with Gasteiger partial charge in [0.2, 0.25) is 5.91 Å². The van der Waals surface area contributed by atoms with Gasteiger partial charge in [0.15, 0.2) is 0 Å². The highest BCUT2D eigenvalue weighted by Crippen LogP contribution is 2.48. The molecule has 4 unspecified atom stereocenters. The molecule has 0 spiro atoms. The molecule has 8 heteroatoms. The molecule has 1 aliphatic heterocycles. The molecule has 0 bridgehead atoms. The number of aryl methyl sites for hydroxylation is 1. The van der Waals surface area contributed by atoms with Gasteiger partial charge in [-0.2, -0.15) is 0 Å². The Morgan fingerprint density at radius 1 is 1.26 bits per heavy atom. The molecule has 4 atom stereocenters. The van der Waals surface area contributed by atoms with Crippen molar-refractivity contribution in [3.8, 4) is 5.75 Å². The summed E-state index contributed by atoms with van der Waals surface area (Å²) in [7, 11) is 0. The number of aliphatic hydroxyl groups excluding tert-OH is 1. The lowest BCUT2D eigenvalue weighted by Gasteiger charge is -2.17. The number of halogens is 2. The molecule has 2 heterocycles. The van der Waals surface area contributed by atoms with E-state index in [0.717, 1.165) is 24.5 Å². The van der Waals surface area contributed by atoms with Gasteiger partial charge in [0, 0.05) is 26.1 Å². The molecule has 1 aliphatic carbocycles. The summed E-state index contributed by atoms with van der Waals surface area (Å²) in [6, 6.07) is 11.6. The molecule has 1 aromatic heterocycles. The van der Waals surface area contributed by atoms with Crippen molar-refractivity contribution in [2.45, 2.75) is 58.5 Å². The Morgan fingerprint density at radius 3 is 2.46 bits per heavy atom. The summed E-state index contributed by atoms with van der Waals surface area (Å²) < 4.78 is 30.7. The summed E-state index contributed by atoms with van der Waals surface area (Å²) in [4.78, 5) is 18.3. The third-order valence-electron chi connectivity index (χ3n) is 6.42. The van der Waals surface area contributed by atoms with Crippen molar-refractivity contribution in [2.75, 3.05) is 31.1 Å². The van der Waals surface area contributed by atoms with Gasteiger partial charge in [-0.3, -0.25) is 4.79 Å². The Labute approximate surface area is 206 Å². The largest absolute Gasteiger partial charge is 0.491 e. The summed E-state index contributed by atoms with van der Waals surface area (Å²) in [5.74, 6) is -1.16. The van der Waals surface area contributed by atoms with E-state index in [1.807, 2.05) is 50.2 Å². The minimum atomic E-state index is -2.51. The van der Waals surface area contributed by atoms with Crippen LogP contribution in [0.4, 0.5) is 14.6 Å². The number of hydrogen-bond donors (Lipinski definition) is 2. The van der Waals surface area contributed by atoms with Crippen LogP contribution >= 0.6 is 0 Å². The highest BCUT2D eigenvalue weighted by Gasteiger charge is 2.57. The number of aliphatic hydroxyl groups is 1. The first-order chi connectivity index (χ1) is 16.5. The monoisotopic (exact) mass is 489 g/mol. The normalized spacial score (nSPS) is 22.0. The lowest BCUT2D eigenvalue weighted by atomic mass is 9.99. The van der Waals surface area contributed by atoms with E-state index in [2.05, 4.69) is 22.1 Å². The predicted octanol–water partition coefficient (Wildman–Crippen LogP) is 4.56. The van der Waals surface area contributed by atoms with E-state index in [9.17, 15) is 13.6 Å². The summed E-state index contributed by atoms with van der Waals surface area (Å²) >= 11 is 0. The van der Waals surface area contributed by atoms with Gasteiger partial charge in [0.1, 0.15) is 11.6 Å². The summed E-state index contributed by atoms with van der Waals surface area (Å²) in [6.45, 7) is 10.2. The lowest BCUT2D eigenvalue weighted by molar-refractivity contribution is -0.122. The number of hydrogen-bond acceptors (Lipinski definition) is 5. The zero-order valence-electron chi connectivity index (χ0n) is 21.0. The molecular weight excluding hydrogens is 452 g/mol. The second-order valence-corrected chi connectivity index (χ2v) is 9.89. The van der Waals surface area contributed by atoms with E-state index < -0.39 is 17.9 Å². The number of carbonyl (C=O) groups excluding carboxylic acids is 1. The average Bonchev–Trinajstić information content (AvgIpc) is 3.21. The van der Waals surface area contributed by atoms with Gasteiger partial charge >= 0.3 is 0 Å². The van der Waals surface area contributed by atoms with Crippen LogP contribution in [0.5, 0.6) is 5.75 Å². The van der Waals surface area contributed by atoms with Crippen molar-refractivity contribution in [3.05, 3.63) is 53.7 Å². The molecule has 2 N–H and O–H groups in total. The van der Waals surface area contributed by atoms with Crippen LogP contribution < -0.4 is 15.0 Å². The Kier molecular flexibility index (Phi) is 9.05. The van der Waals surface area contributed by atoms with E-state index in [0.29, 0.717) is 18.2 Å². The Balaban J connectivity index is 0.000000199. The van der Waals surface area contributed by atoms with Crippen molar-refractivity contribution in [2.24, 2.45) is 11.8 Å². The van der Waals surface area contributed by atoms with Gasteiger partial charge in [0.05, 0.1) is 30.7 Å². The zero-order chi connectivity index (χ0) is 25.6. The minimum absolute atomic E-state index is 0.0512. The summed E-state index contributed by atoms with van der Waals surface area (Å²) in [5.41, 5.74) is 2.18. The van der Waals surface area contributed by atoms with Gasteiger partial charge in [-0.25, -0.2) is 13.8 Å². The molecule has 2 aromatic rings. The van der Waals surface area contributed by atoms with Crippen molar-refractivity contribution < 1.29 is 23.4 Å². The van der Waals surface area contributed by atoms with Crippen LogP contribution in [0, 0.1) is 18.8 Å². The fourth-order valence-electron chi connectivity index (χ4n) is 3.84. The van der Waals surface area contributed by atoms with Gasteiger partial charge < -0.3 is 20.1 Å². The van der Waals surface area contributed by atoms with Gasteiger partial charge in [0.25, 0.3) is 5.92 Å². The Hall–Kier alpha value is -2.74. The number of anilines is 1. The highest BCUT2D eigenvalue weighted by atomic mass is 19.3. The third kappa shape index (κ3) is 8.16. The van der Waals surface area contributed by atoms with Crippen LogP contribution in [0.15, 0.2) is 42.6 Å². The van der Waals surface area contributed by atoms with Crippen LogP contribution in [0.3, 0.4) is 0 Å². The van der Waals surface area contributed by atoms with Gasteiger partial charge in [-0.1, -0.05) is 36.8 Å². The van der Waals surface area contributed by atoms with Gasteiger partial charge in [-0.15, -0.1) is 0 Å². The molecular formula is C27H37F2N3O3. The topological polar surface area (TPSA) is 74.7 Å². The first kappa shape index (κ1) is 26.9. The van der Waals surface area contributed by atoms with Crippen LogP contribution in [0.1, 0.15) is 50.7 Å². The minimum Gasteiger partial charge on any atom is -0.491 e. The van der Waals surface area contributed by atoms with Crippen LogP contribution in [-0.2, 0) is 4.79 Å². The summed E-state index contributed by atoms with van der Waals surface area (Å²) in [6.07, 6.45) is 2.26. The van der Waals surface area contributed by atoms with E-state index in [1.54, 1.807) is 13.1 Å². The number of carbonyl (C=O) groups is 1. The molecule has 2 fully saturated rings. The fourth-order valence-corrected chi connectivity index (χ4v) is 3.84. The molecule has 192 valence electrons. The summed E-state index contributed by atoms with van der Waals surface area (Å²) in [5, 5.41) is 11.8. The number of nitrogens with zero attached hydrogens (tertiary/aromatic N) is 2. The first-order valence-electron chi connectivity index (χ1n) is 12.3. The number of ether oxygens (including phenoxy) is 1. The average molecular weight is 490 g/mol. The van der Waals surface area contributed by atoms with Crippen molar-refractivity contribution in [1.29, 1.82) is 0 Å². The fraction of sp³-hybridized carbons (Fsp3) is 0.556. The number of alkyl halides is 2. The van der Waals surface area contributed by atoms with Gasteiger partial charge in [-0.05, 0) is 50.8 Å². The zero-order valence-corrected chi connectivity index (χ0v) is 21.0. The smallest absolute Gasteiger partial charge is 0.255 e. The molecule has 35 heavy (non-hydrogen) atoms. The maximum atomic E-state index is 12.7. The van der Waals surface area contributed by atoms with E-state index in [1.165, 1.54) is 12.0 Å². The molecule has 2 aliphatic rings. The van der Waals surface area contributed by atoms with Crippen molar-refractivity contribution in [3.63, 3.8) is 0 Å². The molecule has 0 radical (unpaired) electrons. The second kappa shape index (κ2) is 11.8. The van der Waals surface area contributed by atoms with E-state index >= 15 is 0 Å². The number of rotatable bonds is 8. The quantitative estimate of drug-likeness (QED) is 0.569.